The number of sulfonamides is 1. The number of nitrogens with two attached hydrogens (primary N) is 1. The summed E-state index contributed by atoms with van der Waals surface area (Å²) < 4.78 is 35.1. The first-order chi connectivity index (χ1) is 17.1. The van der Waals surface area contributed by atoms with Crippen molar-refractivity contribution in [2.75, 3.05) is 23.9 Å². The minimum absolute atomic E-state index is 0.0665. The summed E-state index contributed by atoms with van der Waals surface area (Å²) in [6.07, 6.45) is 3.18. The number of benzene rings is 2. The van der Waals surface area contributed by atoms with Gasteiger partial charge in [0.15, 0.2) is 5.65 Å². The highest BCUT2D eigenvalue weighted by atomic mass is 79.9. The molecule has 186 valence electrons. The number of halogens is 1. The first-order valence-corrected chi connectivity index (χ1v) is 14.6. The van der Waals surface area contributed by atoms with Gasteiger partial charge in [-0.15, -0.1) is 0 Å². The number of primary sulfonamides is 1. The molecule has 2 aromatic heterocycles. The first kappa shape index (κ1) is 25.8. The third-order valence-electron chi connectivity index (χ3n) is 5.04. The number of pyridine rings is 1. The van der Waals surface area contributed by atoms with Crippen LogP contribution in [-0.4, -0.2) is 52.0 Å². The highest BCUT2D eigenvalue weighted by molar-refractivity contribution is 9.10. The fraction of sp³-hybridized carbons (Fsp3) is 0.130. The van der Waals surface area contributed by atoms with Gasteiger partial charge in [0, 0.05) is 55.8 Å². The minimum atomic E-state index is -3.74. The van der Waals surface area contributed by atoms with Crippen molar-refractivity contribution in [1.82, 2.24) is 20.3 Å². The summed E-state index contributed by atoms with van der Waals surface area (Å²) in [5, 5.41) is 11.3. The van der Waals surface area contributed by atoms with Crippen LogP contribution in [0, 0.1) is 0 Å². The summed E-state index contributed by atoms with van der Waals surface area (Å²) >= 11 is 3.51. The Bertz CT molecular complexity index is 1600. The molecular weight excluding hydrogens is 568 g/mol. The maximum Gasteiger partial charge on any atom is 0.270 e. The zero-order valence-corrected chi connectivity index (χ0v) is 22.2. The molecule has 1 atom stereocenters. The van der Waals surface area contributed by atoms with Gasteiger partial charge in [-0.25, -0.2) is 23.5 Å². The molecule has 4 rings (SSSR count). The summed E-state index contributed by atoms with van der Waals surface area (Å²) in [5.74, 6) is -0.741. The predicted octanol–water partition coefficient (Wildman–Crippen LogP) is 2.95. The SMILES string of the molecule is CS(=O)c1cccc(Nc2ncc3cc(-c4ccccc4Br)c(C(=O)NCCS(N)(=O)=O)nc3n2)c1. The third kappa shape index (κ3) is 6.29. The number of nitrogens with zero attached hydrogens (tertiary/aromatic N) is 3. The van der Waals surface area contributed by atoms with Crippen molar-refractivity contribution >= 4 is 65.3 Å². The Morgan fingerprint density at radius 1 is 1.08 bits per heavy atom. The molecule has 10 nitrogen and oxygen atoms in total. The van der Waals surface area contributed by atoms with E-state index in [1.165, 1.54) is 0 Å². The minimum Gasteiger partial charge on any atom is -0.350 e. The van der Waals surface area contributed by atoms with Gasteiger partial charge in [0.1, 0.15) is 5.69 Å². The van der Waals surface area contributed by atoms with Gasteiger partial charge in [-0.1, -0.05) is 40.2 Å². The lowest BCUT2D eigenvalue weighted by molar-refractivity contribution is 0.0952. The molecule has 1 unspecified atom stereocenters. The first-order valence-electron chi connectivity index (χ1n) is 10.5. The van der Waals surface area contributed by atoms with Crippen molar-refractivity contribution in [2.24, 2.45) is 5.14 Å². The van der Waals surface area contributed by atoms with Gasteiger partial charge in [-0.05, 0) is 35.9 Å². The number of hydrogen-bond acceptors (Lipinski definition) is 8. The number of hydrogen-bond donors (Lipinski definition) is 3. The molecule has 0 spiro atoms. The molecule has 0 aliphatic rings. The highest BCUT2D eigenvalue weighted by Gasteiger charge is 2.19. The zero-order chi connectivity index (χ0) is 25.9. The van der Waals surface area contributed by atoms with Crippen LogP contribution in [0.25, 0.3) is 22.2 Å². The second-order valence-electron chi connectivity index (χ2n) is 7.70. The van der Waals surface area contributed by atoms with Crippen molar-refractivity contribution in [3.8, 4) is 11.1 Å². The van der Waals surface area contributed by atoms with Crippen LogP contribution in [0.15, 0.2) is 70.2 Å². The number of aromatic nitrogens is 3. The third-order valence-corrected chi connectivity index (χ3v) is 7.42. The van der Waals surface area contributed by atoms with Crippen LogP contribution in [0.3, 0.4) is 0 Å². The van der Waals surface area contributed by atoms with E-state index in [0.717, 1.165) is 10.0 Å². The van der Waals surface area contributed by atoms with E-state index in [1.54, 1.807) is 42.8 Å². The van der Waals surface area contributed by atoms with Gasteiger partial charge < -0.3 is 10.6 Å². The van der Waals surface area contributed by atoms with Crippen molar-refractivity contribution < 1.29 is 17.4 Å². The number of amides is 1. The molecule has 0 bridgehead atoms. The summed E-state index contributed by atoms with van der Waals surface area (Å²) in [5.41, 5.74) is 2.21. The monoisotopic (exact) mass is 588 g/mol. The maximum atomic E-state index is 13.0. The molecule has 4 N–H and O–H groups in total. The Balaban J connectivity index is 1.74. The number of anilines is 2. The van der Waals surface area contributed by atoms with E-state index in [2.05, 4.69) is 41.5 Å². The lowest BCUT2D eigenvalue weighted by Crippen LogP contribution is -2.32. The molecule has 0 saturated carbocycles. The van der Waals surface area contributed by atoms with E-state index >= 15 is 0 Å². The van der Waals surface area contributed by atoms with Crippen molar-refractivity contribution in [3.63, 3.8) is 0 Å². The summed E-state index contributed by atoms with van der Waals surface area (Å²) in [6.45, 7) is -0.168. The van der Waals surface area contributed by atoms with E-state index in [1.807, 2.05) is 24.3 Å². The molecule has 2 aromatic carbocycles. The molecule has 2 heterocycles. The maximum absolute atomic E-state index is 13.0. The van der Waals surface area contributed by atoms with Crippen LogP contribution in [0.4, 0.5) is 11.6 Å². The molecule has 1 amide bonds. The Hall–Kier alpha value is -3.26. The number of fused-ring (bicyclic) bond motifs is 1. The van der Waals surface area contributed by atoms with Gasteiger partial charge in [0.05, 0.1) is 5.75 Å². The van der Waals surface area contributed by atoms with Crippen LogP contribution in [0.1, 0.15) is 10.5 Å². The average Bonchev–Trinajstić information content (AvgIpc) is 2.83. The van der Waals surface area contributed by atoms with Crippen LogP contribution >= 0.6 is 15.9 Å². The van der Waals surface area contributed by atoms with Gasteiger partial charge >= 0.3 is 0 Å². The fourth-order valence-corrected chi connectivity index (χ4v) is 4.80. The smallest absolute Gasteiger partial charge is 0.270 e. The second-order valence-corrected chi connectivity index (χ2v) is 11.7. The number of rotatable bonds is 8. The molecule has 0 fully saturated rings. The Morgan fingerprint density at radius 2 is 1.86 bits per heavy atom. The number of nitrogens with one attached hydrogen (secondary N) is 2. The van der Waals surface area contributed by atoms with Gasteiger partial charge in [0.2, 0.25) is 16.0 Å². The normalized spacial score (nSPS) is 12.3. The number of carbonyl (C=O) groups is 1. The molecular formula is C23H21BrN6O4S2. The van der Waals surface area contributed by atoms with Gasteiger partial charge in [-0.3, -0.25) is 9.00 Å². The van der Waals surface area contributed by atoms with Crippen LogP contribution in [0.5, 0.6) is 0 Å². The van der Waals surface area contributed by atoms with E-state index in [4.69, 9.17) is 5.14 Å². The molecule has 0 radical (unpaired) electrons. The van der Waals surface area contributed by atoms with E-state index in [0.29, 0.717) is 21.5 Å². The van der Waals surface area contributed by atoms with Gasteiger partial charge in [-0.2, -0.15) is 4.98 Å². The number of carbonyl (C=O) groups excluding carboxylic acids is 1. The van der Waals surface area contributed by atoms with Crippen molar-refractivity contribution in [2.45, 2.75) is 4.90 Å². The highest BCUT2D eigenvalue weighted by Crippen LogP contribution is 2.32. The van der Waals surface area contributed by atoms with Crippen LogP contribution in [0.2, 0.25) is 0 Å². The van der Waals surface area contributed by atoms with Crippen molar-refractivity contribution in [1.29, 1.82) is 0 Å². The molecule has 13 heteroatoms. The zero-order valence-electron chi connectivity index (χ0n) is 18.9. The van der Waals surface area contributed by atoms with Crippen molar-refractivity contribution in [3.05, 3.63) is 71.0 Å². The Labute approximate surface area is 218 Å². The Kier molecular flexibility index (Phi) is 7.73. The van der Waals surface area contributed by atoms with E-state index < -0.39 is 32.5 Å². The lowest BCUT2D eigenvalue weighted by Gasteiger charge is -2.13. The molecule has 36 heavy (non-hydrogen) atoms. The summed E-state index contributed by atoms with van der Waals surface area (Å²) in [4.78, 5) is 27.0. The lowest BCUT2D eigenvalue weighted by atomic mass is 10.0. The molecule has 0 saturated heterocycles. The second kappa shape index (κ2) is 10.8. The average molecular weight is 589 g/mol. The van der Waals surface area contributed by atoms with Crippen LogP contribution < -0.4 is 15.8 Å². The van der Waals surface area contributed by atoms with Gasteiger partial charge in [0.25, 0.3) is 5.91 Å². The molecule has 0 aliphatic heterocycles. The molecule has 0 aliphatic carbocycles. The summed E-state index contributed by atoms with van der Waals surface area (Å²) in [6, 6.07) is 16.1. The predicted molar refractivity (Wildman–Crippen MR) is 143 cm³/mol. The topological polar surface area (TPSA) is 157 Å². The van der Waals surface area contributed by atoms with E-state index in [-0.39, 0.29) is 23.8 Å². The van der Waals surface area contributed by atoms with Crippen LogP contribution in [-0.2, 0) is 20.8 Å². The summed E-state index contributed by atoms with van der Waals surface area (Å²) in [7, 11) is -4.89. The quantitative estimate of drug-likeness (QED) is 0.283. The molecule has 4 aromatic rings. The Morgan fingerprint density at radius 3 is 2.58 bits per heavy atom. The largest absolute Gasteiger partial charge is 0.350 e. The van der Waals surface area contributed by atoms with E-state index in [9.17, 15) is 17.4 Å². The standard InChI is InChI=1S/C23H21BrN6O4S2/c1-35(32)16-6-4-5-15(12-16)28-23-27-13-14-11-18(17-7-2-3-8-19(17)24)20(29-21(14)30-23)22(31)26-9-10-36(25,33)34/h2-8,11-13H,9-10H2,1H3,(H,26,31)(H2,25,33,34)(H,27,28,29,30). The fourth-order valence-electron chi connectivity index (χ4n) is 3.35.